The van der Waals surface area contributed by atoms with E-state index >= 15 is 0 Å². The maximum atomic E-state index is 13.3. The van der Waals surface area contributed by atoms with E-state index in [-0.39, 0.29) is 51.2 Å². The summed E-state index contributed by atoms with van der Waals surface area (Å²) in [5.41, 5.74) is 5.97. The molecule has 4 fully saturated rings. The second kappa shape index (κ2) is 10.3. The maximum Gasteiger partial charge on any atom is 0.307 e. The molecule has 232 valence electrons. The number of rotatable bonds is 7. The molecular formula is C34H55NO6. The van der Waals surface area contributed by atoms with Crippen molar-refractivity contribution in [3.8, 4) is 0 Å². The molecule has 0 amide bonds. The van der Waals surface area contributed by atoms with Crippen molar-refractivity contribution in [3.05, 3.63) is 11.6 Å². The molecule has 4 aliphatic carbocycles. The monoisotopic (exact) mass is 573 g/mol. The Kier molecular flexibility index (Phi) is 7.81. The summed E-state index contributed by atoms with van der Waals surface area (Å²) in [7, 11) is 0. The molecule has 0 radical (unpaired) electrons. The number of hydrogen-bond donors (Lipinski definition) is 2. The number of carbonyl (C=O) groups excluding carboxylic acids is 1. The topological polar surface area (TPSA) is 108 Å². The number of ether oxygens (including phenoxy) is 3. The largest absolute Gasteiger partial charge is 0.481 e. The normalized spacial score (nSPS) is 47.9. The third-order valence-corrected chi connectivity index (χ3v) is 13.8. The van der Waals surface area contributed by atoms with Crippen LogP contribution in [0, 0.1) is 56.7 Å². The predicted molar refractivity (Wildman–Crippen MR) is 158 cm³/mol. The number of hydrogen-bond acceptors (Lipinski definition) is 6. The highest BCUT2D eigenvalue weighted by Crippen LogP contribution is 2.75. The first-order valence-corrected chi connectivity index (χ1v) is 16.1. The van der Waals surface area contributed by atoms with Crippen LogP contribution < -0.4 is 5.73 Å². The third kappa shape index (κ3) is 4.22. The van der Waals surface area contributed by atoms with Gasteiger partial charge in [-0.2, -0.15) is 0 Å². The average molecular weight is 574 g/mol. The lowest BCUT2D eigenvalue weighted by molar-refractivity contribution is -0.266. The number of carboxylic acids is 1. The zero-order valence-corrected chi connectivity index (χ0v) is 26.8. The molecule has 0 aromatic rings. The molecule has 1 heterocycles. The summed E-state index contributed by atoms with van der Waals surface area (Å²) in [5.74, 6) is 0.0200. The SMILES string of the molecule is CC(=O)O[C@@H]1C[C@]23COC[C@](C)([C@@H]2CC[C@H]2C3=CC[C@@]3(C)[C@H](C(=O)O)[C@@](C)([C@H](C)C(C)C)CC[C@]23C)[C@H]1OCCN. The smallest absolute Gasteiger partial charge is 0.307 e. The minimum absolute atomic E-state index is 0.145. The lowest BCUT2D eigenvalue weighted by atomic mass is 9.34. The van der Waals surface area contributed by atoms with Crippen LogP contribution in [0.2, 0.25) is 0 Å². The molecule has 1 saturated heterocycles. The molecule has 41 heavy (non-hydrogen) atoms. The number of allylic oxidation sites excluding steroid dienone is 1. The molecule has 7 heteroatoms. The molecule has 11 atom stereocenters. The van der Waals surface area contributed by atoms with E-state index in [0.717, 1.165) is 32.1 Å². The molecule has 3 N–H and O–H groups in total. The van der Waals surface area contributed by atoms with Crippen LogP contribution in [-0.2, 0) is 23.8 Å². The third-order valence-electron chi connectivity index (χ3n) is 13.8. The molecule has 0 spiro atoms. The van der Waals surface area contributed by atoms with Crippen molar-refractivity contribution < 1.29 is 28.9 Å². The van der Waals surface area contributed by atoms with E-state index in [2.05, 4.69) is 54.5 Å². The molecule has 0 aromatic carbocycles. The lowest BCUT2D eigenvalue weighted by Crippen LogP contribution is -2.70. The van der Waals surface area contributed by atoms with Crippen LogP contribution in [-0.4, -0.2) is 55.6 Å². The Morgan fingerprint density at radius 3 is 2.41 bits per heavy atom. The Balaban J connectivity index is 1.60. The molecule has 0 unspecified atom stereocenters. The maximum absolute atomic E-state index is 13.3. The summed E-state index contributed by atoms with van der Waals surface area (Å²) in [5, 5.41) is 10.9. The Bertz CT molecular complexity index is 1090. The second-order valence-electron chi connectivity index (χ2n) is 15.8. The van der Waals surface area contributed by atoms with E-state index in [1.54, 1.807) is 0 Å². The fourth-order valence-corrected chi connectivity index (χ4v) is 11.4. The molecule has 5 aliphatic rings. The summed E-state index contributed by atoms with van der Waals surface area (Å²) in [4.78, 5) is 25.6. The summed E-state index contributed by atoms with van der Waals surface area (Å²) < 4.78 is 18.9. The van der Waals surface area contributed by atoms with Crippen molar-refractivity contribution >= 4 is 11.9 Å². The summed E-state index contributed by atoms with van der Waals surface area (Å²) >= 11 is 0. The van der Waals surface area contributed by atoms with Crippen LogP contribution in [0.4, 0.5) is 0 Å². The molecule has 2 bridgehead atoms. The predicted octanol–water partition coefficient (Wildman–Crippen LogP) is 5.85. The summed E-state index contributed by atoms with van der Waals surface area (Å²) in [6, 6.07) is 0. The second-order valence-corrected chi connectivity index (χ2v) is 15.8. The van der Waals surface area contributed by atoms with Gasteiger partial charge in [-0.15, -0.1) is 0 Å². The van der Waals surface area contributed by atoms with Crippen LogP contribution >= 0.6 is 0 Å². The van der Waals surface area contributed by atoms with Crippen LogP contribution in [0.15, 0.2) is 11.6 Å². The Labute approximate surface area is 247 Å². The van der Waals surface area contributed by atoms with Gasteiger partial charge >= 0.3 is 11.9 Å². The van der Waals surface area contributed by atoms with Crippen LogP contribution in [0.25, 0.3) is 0 Å². The Morgan fingerprint density at radius 2 is 1.80 bits per heavy atom. The van der Waals surface area contributed by atoms with Gasteiger partial charge in [0.2, 0.25) is 0 Å². The zero-order valence-electron chi connectivity index (χ0n) is 26.8. The highest BCUT2D eigenvalue weighted by molar-refractivity contribution is 5.73. The van der Waals surface area contributed by atoms with Crippen LogP contribution in [0.1, 0.15) is 93.9 Å². The average Bonchev–Trinajstić information content (AvgIpc) is 2.88. The Hall–Kier alpha value is -1.44. The van der Waals surface area contributed by atoms with E-state index < -0.39 is 11.9 Å². The van der Waals surface area contributed by atoms with Crippen molar-refractivity contribution in [2.75, 3.05) is 26.4 Å². The van der Waals surface area contributed by atoms with E-state index in [1.807, 2.05) is 0 Å². The van der Waals surface area contributed by atoms with Crippen molar-refractivity contribution in [1.29, 1.82) is 0 Å². The molecule has 3 saturated carbocycles. The Morgan fingerprint density at radius 1 is 1.10 bits per heavy atom. The first-order valence-electron chi connectivity index (χ1n) is 16.1. The number of fused-ring (bicyclic) bond motifs is 3. The minimum atomic E-state index is -0.641. The van der Waals surface area contributed by atoms with Gasteiger partial charge in [0.05, 0.1) is 25.7 Å². The van der Waals surface area contributed by atoms with Crippen LogP contribution in [0.5, 0.6) is 0 Å². The van der Waals surface area contributed by atoms with Crippen LogP contribution in [0.3, 0.4) is 0 Å². The van der Waals surface area contributed by atoms with Gasteiger partial charge in [-0.1, -0.05) is 60.1 Å². The van der Waals surface area contributed by atoms with E-state index in [9.17, 15) is 14.7 Å². The zero-order chi connectivity index (χ0) is 30.2. The molecule has 7 nitrogen and oxygen atoms in total. The standard InChI is InChI=1S/C34H55NO6/c1-20(2)21(3)30(5)13-14-32(7)23-9-10-26-31(6)18-39-19-34(26,17-25(41-22(4)36)28(31)40-16-15-35)24(23)11-12-33(32,8)27(30)29(37)38/h11,20-21,23,25-28H,9-10,12-19,35H2,1-8H3,(H,37,38)/t21-,23+,25-,26+,27-,28+,30-,31-,32-,33+,34-/m1/s1. The minimum Gasteiger partial charge on any atom is -0.481 e. The number of carbonyl (C=O) groups is 2. The molecule has 1 aliphatic heterocycles. The molecular weight excluding hydrogens is 518 g/mol. The van der Waals surface area contributed by atoms with Crippen molar-refractivity contribution in [1.82, 2.24) is 0 Å². The van der Waals surface area contributed by atoms with Gasteiger partial charge in [0, 0.05) is 24.3 Å². The quantitative estimate of drug-likeness (QED) is 0.290. The molecule has 5 rings (SSSR count). The fraction of sp³-hybridized carbons (Fsp3) is 0.882. The van der Waals surface area contributed by atoms with E-state index in [4.69, 9.17) is 19.9 Å². The van der Waals surface area contributed by atoms with Crippen molar-refractivity contribution in [3.63, 3.8) is 0 Å². The molecule has 0 aromatic heterocycles. The van der Waals surface area contributed by atoms with Gasteiger partial charge in [-0.3, -0.25) is 9.59 Å². The number of aliphatic carboxylic acids is 1. The van der Waals surface area contributed by atoms with Gasteiger partial charge in [-0.25, -0.2) is 0 Å². The fourth-order valence-electron chi connectivity index (χ4n) is 11.4. The van der Waals surface area contributed by atoms with Gasteiger partial charge in [0.25, 0.3) is 0 Å². The van der Waals surface area contributed by atoms with Crippen molar-refractivity contribution in [2.45, 2.75) is 106 Å². The van der Waals surface area contributed by atoms with Gasteiger partial charge in [0.15, 0.2) is 0 Å². The van der Waals surface area contributed by atoms with Crippen molar-refractivity contribution in [2.24, 2.45) is 62.4 Å². The van der Waals surface area contributed by atoms with Gasteiger partial charge in [-0.05, 0) is 78.4 Å². The first kappa shape index (κ1) is 31.0. The highest BCUT2D eigenvalue weighted by Gasteiger charge is 2.72. The summed E-state index contributed by atoms with van der Waals surface area (Å²) in [6.45, 7) is 19.4. The highest BCUT2D eigenvalue weighted by atomic mass is 16.6. The number of nitrogens with two attached hydrogens (primary N) is 1. The van der Waals surface area contributed by atoms with E-state index in [0.29, 0.717) is 50.5 Å². The first-order chi connectivity index (χ1) is 19.1. The van der Waals surface area contributed by atoms with Gasteiger partial charge < -0.3 is 25.1 Å². The van der Waals surface area contributed by atoms with E-state index in [1.165, 1.54) is 12.5 Å². The summed E-state index contributed by atoms with van der Waals surface area (Å²) in [6.07, 6.45) is 7.28. The van der Waals surface area contributed by atoms with Gasteiger partial charge in [0.1, 0.15) is 12.2 Å². The number of carboxylic acid groups (broad SMARTS) is 1. The number of esters is 1. The lowest BCUT2D eigenvalue weighted by Gasteiger charge is -2.71.